The number of likely N-dealkylation sites (tertiary alicyclic amines) is 2. The second-order valence-electron chi connectivity index (χ2n) is 5.41. The van der Waals surface area contributed by atoms with Crippen LogP contribution in [0.4, 0.5) is 0 Å². The highest BCUT2D eigenvalue weighted by Crippen LogP contribution is 2.21. The van der Waals surface area contributed by atoms with Crippen LogP contribution in [0.5, 0.6) is 0 Å². The van der Waals surface area contributed by atoms with Gasteiger partial charge < -0.3 is 9.80 Å². The molecular formula is C13H21N3O. The van der Waals surface area contributed by atoms with E-state index in [4.69, 9.17) is 5.26 Å². The van der Waals surface area contributed by atoms with Crippen LogP contribution in [0.15, 0.2) is 0 Å². The number of carbonyl (C=O) groups excluding carboxylic acids is 1. The summed E-state index contributed by atoms with van der Waals surface area (Å²) < 4.78 is 0. The molecule has 2 fully saturated rings. The fourth-order valence-corrected chi connectivity index (χ4v) is 2.84. The molecule has 0 radical (unpaired) electrons. The monoisotopic (exact) mass is 235 g/mol. The first-order valence-electron chi connectivity index (χ1n) is 6.55. The first-order chi connectivity index (χ1) is 8.19. The summed E-state index contributed by atoms with van der Waals surface area (Å²) in [5, 5.41) is 8.91. The second-order valence-corrected chi connectivity index (χ2v) is 5.41. The standard InChI is InChI=1S/C13H21N3O/c1-15-6-4-11(9-15)5-7-16-10-12(8-14)2-3-13(16)17/h11-12H,2-7,9-10H2,1H3. The molecule has 0 aromatic heterocycles. The van der Waals surface area contributed by atoms with Crippen LogP contribution in [-0.4, -0.2) is 48.9 Å². The van der Waals surface area contributed by atoms with Crippen molar-refractivity contribution in [2.75, 3.05) is 33.2 Å². The minimum absolute atomic E-state index is 0.0546. The molecule has 0 saturated carbocycles. The molecule has 0 aromatic rings. The lowest BCUT2D eigenvalue weighted by atomic mass is 9.97. The van der Waals surface area contributed by atoms with Gasteiger partial charge in [-0.3, -0.25) is 4.79 Å². The predicted octanol–water partition coefficient (Wildman–Crippen LogP) is 1.09. The first kappa shape index (κ1) is 12.4. The number of rotatable bonds is 3. The lowest BCUT2D eigenvalue weighted by Crippen LogP contribution is -2.40. The van der Waals surface area contributed by atoms with Crippen LogP contribution < -0.4 is 0 Å². The van der Waals surface area contributed by atoms with Gasteiger partial charge in [-0.2, -0.15) is 5.26 Å². The van der Waals surface area contributed by atoms with E-state index in [2.05, 4.69) is 18.0 Å². The van der Waals surface area contributed by atoms with E-state index in [1.807, 2.05) is 4.90 Å². The summed E-state index contributed by atoms with van der Waals surface area (Å²) in [6, 6.07) is 2.29. The summed E-state index contributed by atoms with van der Waals surface area (Å²) in [6.45, 7) is 3.83. The van der Waals surface area contributed by atoms with Crippen molar-refractivity contribution in [2.24, 2.45) is 11.8 Å². The van der Waals surface area contributed by atoms with E-state index in [1.54, 1.807) is 0 Å². The third-order valence-corrected chi connectivity index (χ3v) is 3.98. The largest absolute Gasteiger partial charge is 0.341 e. The molecule has 4 heteroatoms. The molecular weight excluding hydrogens is 214 g/mol. The highest BCUT2D eigenvalue weighted by Gasteiger charge is 2.27. The van der Waals surface area contributed by atoms with Gasteiger partial charge in [0, 0.05) is 26.1 Å². The Morgan fingerprint density at radius 3 is 2.88 bits per heavy atom. The molecule has 0 N–H and O–H groups in total. The summed E-state index contributed by atoms with van der Waals surface area (Å²) in [5.41, 5.74) is 0. The molecule has 94 valence electrons. The maximum Gasteiger partial charge on any atom is 0.222 e. The van der Waals surface area contributed by atoms with E-state index in [-0.39, 0.29) is 11.8 Å². The molecule has 2 rings (SSSR count). The van der Waals surface area contributed by atoms with Crippen molar-refractivity contribution in [3.05, 3.63) is 0 Å². The molecule has 2 aliphatic rings. The van der Waals surface area contributed by atoms with Crippen molar-refractivity contribution in [3.8, 4) is 6.07 Å². The number of nitrogens with zero attached hydrogens (tertiary/aromatic N) is 3. The minimum Gasteiger partial charge on any atom is -0.341 e. The quantitative estimate of drug-likeness (QED) is 0.735. The van der Waals surface area contributed by atoms with E-state index in [0.717, 1.165) is 31.8 Å². The molecule has 2 unspecified atom stereocenters. The Bertz CT molecular complexity index is 323. The molecule has 0 spiro atoms. The van der Waals surface area contributed by atoms with Crippen molar-refractivity contribution < 1.29 is 4.79 Å². The lowest BCUT2D eigenvalue weighted by molar-refractivity contribution is -0.134. The van der Waals surface area contributed by atoms with Crippen molar-refractivity contribution in [1.29, 1.82) is 5.26 Å². The summed E-state index contributed by atoms with van der Waals surface area (Å²) in [5.74, 6) is 1.03. The smallest absolute Gasteiger partial charge is 0.222 e. The molecule has 2 aliphatic heterocycles. The highest BCUT2D eigenvalue weighted by molar-refractivity contribution is 5.77. The first-order valence-corrected chi connectivity index (χ1v) is 6.55. The van der Waals surface area contributed by atoms with Crippen molar-refractivity contribution in [1.82, 2.24) is 9.80 Å². The topological polar surface area (TPSA) is 47.3 Å². The number of carbonyl (C=O) groups is 1. The molecule has 17 heavy (non-hydrogen) atoms. The van der Waals surface area contributed by atoms with E-state index in [0.29, 0.717) is 13.0 Å². The van der Waals surface area contributed by atoms with Crippen LogP contribution in [0.2, 0.25) is 0 Å². The van der Waals surface area contributed by atoms with Gasteiger partial charge in [-0.25, -0.2) is 0 Å². The van der Waals surface area contributed by atoms with Gasteiger partial charge >= 0.3 is 0 Å². The SMILES string of the molecule is CN1CCC(CCN2CC(C#N)CCC2=O)C1. The lowest BCUT2D eigenvalue weighted by Gasteiger charge is -2.30. The van der Waals surface area contributed by atoms with E-state index < -0.39 is 0 Å². The van der Waals surface area contributed by atoms with Crippen molar-refractivity contribution in [3.63, 3.8) is 0 Å². The third kappa shape index (κ3) is 3.19. The minimum atomic E-state index is 0.0546. The third-order valence-electron chi connectivity index (χ3n) is 3.98. The Hall–Kier alpha value is -1.08. The van der Waals surface area contributed by atoms with Crippen LogP contribution in [0.3, 0.4) is 0 Å². The van der Waals surface area contributed by atoms with Gasteiger partial charge in [0.05, 0.1) is 12.0 Å². The maximum atomic E-state index is 11.7. The Kier molecular flexibility index (Phi) is 4.01. The predicted molar refractivity (Wildman–Crippen MR) is 65.1 cm³/mol. The molecule has 0 aliphatic carbocycles. The van der Waals surface area contributed by atoms with Crippen LogP contribution in [0.25, 0.3) is 0 Å². The Balaban J connectivity index is 1.77. The van der Waals surface area contributed by atoms with Crippen LogP contribution >= 0.6 is 0 Å². The molecule has 2 heterocycles. The van der Waals surface area contributed by atoms with Gasteiger partial charge in [0.1, 0.15) is 0 Å². The van der Waals surface area contributed by atoms with Crippen LogP contribution in [0.1, 0.15) is 25.7 Å². The fourth-order valence-electron chi connectivity index (χ4n) is 2.84. The fraction of sp³-hybridized carbons (Fsp3) is 0.846. The highest BCUT2D eigenvalue weighted by atomic mass is 16.2. The summed E-state index contributed by atoms with van der Waals surface area (Å²) in [4.78, 5) is 16.0. The molecule has 1 amide bonds. The van der Waals surface area contributed by atoms with Crippen molar-refractivity contribution >= 4 is 5.91 Å². The van der Waals surface area contributed by atoms with Crippen molar-refractivity contribution in [2.45, 2.75) is 25.7 Å². The zero-order valence-corrected chi connectivity index (χ0v) is 10.6. The Morgan fingerprint density at radius 2 is 2.24 bits per heavy atom. The molecule has 0 bridgehead atoms. The van der Waals surface area contributed by atoms with Gasteiger partial charge in [0.2, 0.25) is 5.91 Å². The van der Waals surface area contributed by atoms with Crippen LogP contribution in [-0.2, 0) is 4.79 Å². The normalized spacial score (nSPS) is 30.6. The number of hydrogen-bond donors (Lipinski definition) is 0. The summed E-state index contributed by atoms with van der Waals surface area (Å²) in [6.07, 6.45) is 3.65. The average Bonchev–Trinajstić information content (AvgIpc) is 2.74. The van der Waals surface area contributed by atoms with Gasteiger partial charge in [-0.15, -0.1) is 0 Å². The van der Waals surface area contributed by atoms with Gasteiger partial charge in [-0.1, -0.05) is 0 Å². The molecule has 0 aromatic carbocycles. The Labute approximate surface area is 103 Å². The number of piperidine rings is 1. The molecule has 2 saturated heterocycles. The van der Waals surface area contributed by atoms with Gasteiger partial charge in [0.15, 0.2) is 0 Å². The van der Waals surface area contributed by atoms with Gasteiger partial charge in [0.25, 0.3) is 0 Å². The zero-order valence-electron chi connectivity index (χ0n) is 10.6. The zero-order chi connectivity index (χ0) is 12.3. The van der Waals surface area contributed by atoms with E-state index in [1.165, 1.54) is 13.0 Å². The number of amides is 1. The summed E-state index contributed by atoms with van der Waals surface area (Å²) in [7, 11) is 2.15. The molecule has 2 atom stereocenters. The Morgan fingerprint density at radius 1 is 1.41 bits per heavy atom. The molecule has 4 nitrogen and oxygen atoms in total. The summed E-state index contributed by atoms with van der Waals surface area (Å²) >= 11 is 0. The van der Waals surface area contributed by atoms with Gasteiger partial charge in [-0.05, 0) is 38.8 Å². The van der Waals surface area contributed by atoms with Crippen LogP contribution in [0, 0.1) is 23.2 Å². The maximum absolute atomic E-state index is 11.7. The number of nitriles is 1. The van der Waals surface area contributed by atoms with E-state index >= 15 is 0 Å². The average molecular weight is 235 g/mol. The second kappa shape index (κ2) is 5.50. The number of hydrogen-bond acceptors (Lipinski definition) is 3. The van der Waals surface area contributed by atoms with E-state index in [9.17, 15) is 4.79 Å².